The molecule has 0 aliphatic heterocycles. The van der Waals surface area contributed by atoms with Gasteiger partial charge in [-0.25, -0.2) is 4.79 Å². The maximum absolute atomic E-state index is 10.9. The van der Waals surface area contributed by atoms with Gasteiger partial charge in [0.25, 0.3) is 0 Å². The van der Waals surface area contributed by atoms with Gasteiger partial charge in [0.05, 0.1) is 12.6 Å². The van der Waals surface area contributed by atoms with E-state index in [0.29, 0.717) is 12.7 Å². The molecule has 92 valence electrons. The van der Waals surface area contributed by atoms with Gasteiger partial charge >= 0.3 is 35.5 Å². The van der Waals surface area contributed by atoms with Gasteiger partial charge in [-0.1, -0.05) is 39.0 Å². The number of ether oxygens (including phenoxy) is 1. The Labute approximate surface area is 125 Å². The van der Waals surface area contributed by atoms with Gasteiger partial charge in [0, 0.05) is 6.08 Å². The van der Waals surface area contributed by atoms with Crippen LogP contribution in [0.3, 0.4) is 0 Å². The Morgan fingerprint density at radius 3 is 2.24 bits per heavy atom. The third-order valence-electron chi connectivity index (χ3n) is 2.10. The van der Waals surface area contributed by atoms with Crippen molar-refractivity contribution in [2.24, 2.45) is 0 Å². The normalized spacial score (nSPS) is 9.94. The summed E-state index contributed by atoms with van der Waals surface area (Å²) in [4.78, 5) is 20.9. The van der Waals surface area contributed by atoms with Gasteiger partial charge in [-0.2, -0.15) is 0 Å². The van der Waals surface area contributed by atoms with Crippen molar-refractivity contribution < 1.29 is 49.0 Å². The maximum atomic E-state index is 10.9. The van der Waals surface area contributed by atoms with Crippen LogP contribution < -0.4 is 34.7 Å². The van der Waals surface area contributed by atoms with Crippen molar-refractivity contribution in [3.8, 4) is 0 Å². The summed E-state index contributed by atoms with van der Waals surface area (Å²) in [6.07, 6.45) is 8.23. The Morgan fingerprint density at radius 2 is 1.65 bits per heavy atom. The molecule has 0 heterocycles. The summed E-state index contributed by atoms with van der Waals surface area (Å²) in [6.45, 7) is 2.51. The van der Waals surface area contributed by atoms with Gasteiger partial charge in [0.1, 0.15) is 0 Å². The second-order valence-electron chi connectivity index (χ2n) is 3.59. The van der Waals surface area contributed by atoms with Crippen molar-refractivity contribution >= 4 is 11.9 Å². The molecule has 0 bridgehead atoms. The Hall–Kier alpha value is -0.320. The van der Waals surface area contributed by atoms with Gasteiger partial charge in [-0.3, -0.25) is 0 Å². The van der Waals surface area contributed by atoms with E-state index in [2.05, 4.69) is 6.92 Å². The van der Waals surface area contributed by atoms with E-state index >= 15 is 0 Å². The average Bonchev–Trinajstić information content (AvgIpc) is 2.25. The molecule has 0 saturated heterocycles. The van der Waals surface area contributed by atoms with Crippen molar-refractivity contribution in [3.05, 3.63) is 12.2 Å². The fourth-order valence-corrected chi connectivity index (χ4v) is 1.24. The topological polar surface area (TPSA) is 66.4 Å². The maximum Gasteiger partial charge on any atom is 1.00 e. The first kappa shape index (κ1) is 19.0. The summed E-state index contributed by atoms with van der Waals surface area (Å²) in [5, 5.41) is 9.97. The summed E-state index contributed by atoms with van der Waals surface area (Å²) in [6, 6.07) is 0. The predicted octanol–water partition coefficient (Wildman–Crippen LogP) is -1.80. The first-order chi connectivity index (χ1) is 7.66. The number of carbonyl (C=O) groups excluding carboxylic acids is 2. The zero-order valence-corrected chi connectivity index (χ0v) is 12.7. The summed E-state index contributed by atoms with van der Waals surface area (Å²) in [5.74, 6) is -2.02. The van der Waals surface area contributed by atoms with Crippen LogP contribution in [0.2, 0.25) is 0 Å². The molecule has 5 heteroatoms. The number of hydrogen-bond acceptors (Lipinski definition) is 4. The minimum absolute atomic E-state index is 0. The van der Waals surface area contributed by atoms with Crippen LogP contribution in [-0.2, 0) is 14.3 Å². The first-order valence-electron chi connectivity index (χ1n) is 5.72. The van der Waals surface area contributed by atoms with E-state index in [1.807, 2.05) is 0 Å². The van der Waals surface area contributed by atoms with Crippen LogP contribution in [0.1, 0.15) is 45.4 Å². The summed E-state index contributed by atoms with van der Waals surface area (Å²) in [7, 11) is 0. The second-order valence-corrected chi connectivity index (χ2v) is 3.59. The molecule has 0 N–H and O–H groups in total. The number of hydrogen-bond donors (Lipinski definition) is 0. The molecule has 0 aliphatic carbocycles. The minimum Gasteiger partial charge on any atom is -0.545 e. The third-order valence-corrected chi connectivity index (χ3v) is 2.10. The second kappa shape index (κ2) is 13.7. The van der Waals surface area contributed by atoms with E-state index in [9.17, 15) is 14.7 Å². The number of esters is 1. The number of carbonyl (C=O) groups is 2. The smallest absolute Gasteiger partial charge is 0.545 e. The van der Waals surface area contributed by atoms with Crippen molar-refractivity contribution in [2.75, 3.05) is 6.61 Å². The quantitative estimate of drug-likeness (QED) is 0.210. The molecule has 4 nitrogen and oxygen atoms in total. The Morgan fingerprint density at radius 1 is 1.06 bits per heavy atom. The molecule has 0 aromatic carbocycles. The number of carboxylic acids is 1. The Kier molecular flexibility index (Phi) is 15.4. The van der Waals surface area contributed by atoms with E-state index in [1.165, 1.54) is 19.3 Å². The molecule has 0 rings (SSSR count). The van der Waals surface area contributed by atoms with E-state index in [4.69, 9.17) is 4.74 Å². The van der Waals surface area contributed by atoms with E-state index in [0.717, 1.165) is 25.3 Å². The number of aliphatic carboxylic acids is 1. The van der Waals surface area contributed by atoms with Gasteiger partial charge in [-0.05, 0) is 12.5 Å². The predicted molar refractivity (Wildman–Crippen MR) is 58.5 cm³/mol. The summed E-state index contributed by atoms with van der Waals surface area (Å²) >= 11 is 0. The minimum atomic E-state index is -1.39. The van der Waals surface area contributed by atoms with E-state index < -0.39 is 11.9 Å². The van der Waals surface area contributed by atoms with Crippen LogP contribution >= 0.6 is 0 Å². The Bertz CT molecular complexity index is 239. The van der Waals surface area contributed by atoms with Crippen molar-refractivity contribution in [3.63, 3.8) is 0 Å². The van der Waals surface area contributed by atoms with Crippen LogP contribution in [0.15, 0.2) is 12.2 Å². The van der Waals surface area contributed by atoms with E-state index in [1.54, 1.807) is 0 Å². The fourth-order valence-electron chi connectivity index (χ4n) is 1.24. The Balaban J connectivity index is 0. The summed E-state index contributed by atoms with van der Waals surface area (Å²) < 4.78 is 4.78. The van der Waals surface area contributed by atoms with Gasteiger partial charge in [0.15, 0.2) is 0 Å². The zero-order valence-electron chi connectivity index (χ0n) is 10.7. The van der Waals surface area contributed by atoms with Crippen molar-refractivity contribution in [1.29, 1.82) is 0 Å². The van der Waals surface area contributed by atoms with E-state index in [-0.39, 0.29) is 29.6 Å². The fraction of sp³-hybridized carbons (Fsp3) is 0.667. The van der Waals surface area contributed by atoms with Crippen LogP contribution in [0.5, 0.6) is 0 Å². The van der Waals surface area contributed by atoms with Gasteiger partial charge in [-0.15, -0.1) is 0 Å². The molecule has 0 saturated carbocycles. The SMILES string of the molecule is CCCCCCCCOC(=O)C=CC(=O)[O-].[Na+]. The molecular formula is C12H19NaO4. The van der Waals surface area contributed by atoms with Gasteiger partial charge in [0.2, 0.25) is 0 Å². The van der Waals surface area contributed by atoms with Gasteiger partial charge < -0.3 is 14.6 Å². The average molecular weight is 250 g/mol. The van der Waals surface area contributed by atoms with Crippen LogP contribution in [0.25, 0.3) is 0 Å². The molecule has 0 spiro atoms. The number of unbranched alkanes of at least 4 members (excludes halogenated alkanes) is 5. The molecule has 0 aromatic rings. The molecule has 0 aromatic heterocycles. The monoisotopic (exact) mass is 250 g/mol. The number of rotatable bonds is 9. The molecule has 0 unspecified atom stereocenters. The number of carboxylic acid groups (broad SMARTS) is 1. The van der Waals surface area contributed by atoms with Crippen molar-refractivity contribution in [1.82, 2.24) is 0 Å². The molecule has 0 aliphatic rings. The zero-order chi connectivity index (χ0) is 12.2. The van der Waals surface area contributed by atoms with Crippen LogP contribution in [-0.4, -0.2) is 18.5 Å². The van der Waals surface area contributed by atoms with Crippen molar-refractivity contribution in [2.45, 2.75) is 45.4 Å². The molecule has 0 fully saturated rings. The molecular weight excluding hydrogens is 231 g/mol. The summed E-state index contributed by atoms with van der Waals surface area (Å²) in [5.41, 5.74) is 0. The van der Waals surface area contributed by atoms with Crippen LogP contribution in [0.4, 0.5) is 0 Å². The van der Waals surface area contributed by atoms with Crippen LogP contribution in [0, 0.1) is 0 Å². The standard InChI is InChI=1S/C12H20O4.Na/c1-2-3-4-5-6-7-10-16-12(15)9-8-11(13)14;/h8-9H,2-7,10H2,1H3,(H,13,14);/q;+1/p-1. The molecule has 0 radical (unpaired) electrons. The molecule has 0 atom stereocenters. The first-order valence-corrected chi connectivity index (χ1v) is 5.72. The third kappa shape index (κ3) is 15.7. The molecule has 0 amide bonds. The molecule has 17 heavy (non-hydrogen) atoms. The largest absolute Gasteiger partial charge is 1.00 e.